The minimum absolute atomic E-state index is 0.0625. The maximum atomic E-state index is 12.4. The van der Waals surface area contributed by atoms with Crippen molar-refractivity contribution in [2.45, 2.75) is 45.6 Å². The highest BCUT2D eigenvalue weighted by Gasteiger charge is 2.25. The molecule has 1 saturated heterocycles. The highest BCUT2D eigenvalue weighted by Crippen LogP contribution is 2.21. The Labute approximate surface area is 176 Å². The molecule has 3 rings (SSSR count). The maximum absolute atomic E-state index is 12.4. The van der Waals surface area contributed by atoms with E-state index in [1.165, 1.54) is 6.26 Å². The molecule has 2 heterocycles. The Balaban J connectivity index is 1.35. The summed E-state index contributed by atoms with van der Waals surface area (Å²) in [5.74, 6) is 1.07. The van der Waals surface area contributed by atoms with E-state index in [4.69, 9.17) is 20.8 Å². The van der Waals surface area contributed by atoms with E-state index in [1.807, 2.05) is 36.9 Å². The lowest BCUT2D eigenvalue weighted by atomic mass is 10.0. The SMILES string of the molecule is Cc1cc(OCCCC(=O)N2CCC(NC(=O)c3occc3C)CC2)ccc1Cl. The van der Waals surface area contributed by atoms with Gasteiger partial charge in [-0.2, -0.15) is 0 Å². The number of piperidine rings is 1. The van der Waals surface area contributed by atoms with Crippen LogP contribution in [0.3, 0.4) is 0 Å². The third-order valence-electron chi connectivity index (χ3n) is 5.18. The van der Waals surface area contributed by atoms with Gasteiger partial charge in [0.1, 0.15) is 5.75 Å². The number of likely N-dealkylation sites (tertiary alicyclic amines) is 1. The van der Waals surface area contributed by atoms with Crippen LogP contribution >= 0.6 is 11.6 Å². The number of furan rings is 1. The normalized spacial score (nSPS) is 14.7. The van der Waals surface area contributed by atoms with Crippen LogP contribution in [0.4, 0.5) is 0 Å². The number of nitrogens with zero attached hydrogens (tertiary/aromatic N) is 1. The van der Waals surface area contributed by atoms with E-state index in [-0.39, 0.29) is 17.9 Å². The second kappa shape index (κ2) is 9.83. The second-order valence-corrected chi connectivity index (χ2v) is 7.83. The van der Waals surface area contributed by atoms with Crippen LogP contribution in [0.2, 0.25) is 5.02 Å². The topological polar surface area (TPSA) is 71.8 Å². The molecule has 29 heavy (non-hydrogen) atoms. The zero-order chi connectivity index (χ0) is 20.8. The number of carbonyl (C=O) groups is 2. The van der Waals surface area contributed by atoms with Crippen LogP contribution in [0.5, 0.6) is 5.75 Å². The number of halogens is 1. The van der Waals surface area contributed by atoms with Gasteiger partial charge in [0.15, 0.2) is 5.76 Å². The average Bonchev–Trinajstić information content (AvgIpc) is 3.14. The first-order chi connectivity index (χ1) is 13.9. The molecule has 6 nitrogen and oxygen atoms in total. The molecule has 1 aliphatic heterocycles. The Bertz CT molecular complexity index is 856. The summed E-state index contributed by atoms with van der Waals surface area (Å²) >= 11 is 6.01. The number of ether oxygens (including phenoxy) is 1. The zero-order valence-corrected chi connectivity index (χ0v) is 17.6. The molecule has 7 heteroatoms. The number of nitrogens with one attached hydrogen (secondary N) is 1. The third kappa shape index (κ3) is 5.76. The van der Waals surface area contributed by atoms with E-state index in [0.29, 0.717) is 43.3 Å². The summed E-state index contributed by atoms with van der Waals surface area (Å²) in [6.45, 7) is 5.57. The number of amides is 2. The summed E-state index contributed by atoms with van der Waals surface area (Å²) in [5, 5.41) is 3.71. The standard InChI is InChI=1S/C22H27ClN2O4/c1-15-9-13-29-21(15)22(27)24-17-7-10-25(11-8-17)20(26)4-3-12-28-18-5-6-19(23)16(2)14-18/h5-6,9,13-14,17H,3-4,7-8,10-12H2,1-2H3,(H,24,27). The van der Waals surface area contributed by atoms with E-state index in [0.717, 1.165) is 29.7 Å². The highest BCUT2D eigenvalue weighted by molar-refractivity contribution is 6.31. The summed E-state index contributed by atoms with van der Waals surface area (Å²) < 4.78 is 10.9. The van der Waals surface area contributed by atoms with Gasteiger partial charge in [-0.05, 0) is 62.9 Å². The van der Waals surface area contributed by atoms with Crippen molar-refractivity contribution in [3.63, 3.8) is 0 Å². The van der Waals surface area contributed by atoms with Crippen molar-refractivity contribution < 1.29 is 18.7 Å². The van der Waals surface area contributed by atoms with Gasteiger partial charge in [0.25, 0.3) is 5.91 Å². The number of carbonyl (C=O) groups excluding carboxylic acids is 2. The molecule has 1 aliphatic rings. The minimum Gasteiger partial charge on any atom is -0.494 e. The Morgan fingerprint density at radius 3 is 2.62 bits per heavy atom. The first-order valence-electron chi connectivity index (χ1n) is 9.95. The fourth-order valence-electron chi connectivity index (χ4n) is 3.41. The Morgan fingerprint density at radius 2 is 1.97 bits per heavy atom. The van der Waals surface area contributed by atoms with Crippen LogP contribution in [-0.4, -0.2) is 42.5 Å². The Kier molecular flexibility index (Phi) is 7.20. The number of benzene rings is 1. The van der Waals surface area contributed by atoms with Gasteiger partial charge in [-0.1, -0.05) is 11.6 Å². The molecular formula is C22H27ClN2O4. The zero-order valence-electron chi connectivity index (χ0n) is 16.9. The lowest BCUT2D eigenvalue weighted by Crippen LogP contribution is -2.46. The second-order valence-electron chi connectivity index (χ2n) is 7.42. The Hall–Kier alpha value is -2.47. The van der Waals surface area contributed by atoms with Crippen LogP contribution < -0.4 is 10.1 Å². The minimum atomic E-state index is -0.188. The lowest BCUT2D eigenvalue weighted by molar-refractivity contribution is -0.132. The maximum Gasteiger partial charge on any atom is 0.287 e. The van der Waals surface area contributed by atoms with Gasteiger partial charge in [-0.25, -0.2) is 0 Å². The van der Waals surface area contributed by atoms with Crippen molar-refractivity contribution in [2.24, 2.45) is 0 Å². The quantitative estimate of drug-likeness (QED) is 0.686. The number of aryl methyl sites for hydroxylation is 2. The molecule has 0 spiro atoms. The lowest BCUT2D eigenvalue weighted by Gasteiger charge is -2.32. The van der Waals surface area contributed by atoms with Gasteiger partial charge in [0.2, 0.25) is 5.91 Å². The molecule has 1 aromatic carbocycles. The molecule has 0 aliphatic carbocycles. The van der Waals surface area contributed by atoms with Crippen molar-refractivity contribution in [2.75, 3.05) is 19.7 Å². The van der Waals surface area contributed by atoms with Crippen molar-refractivity contribution >= 4 is 23.4 Å². The molecule has 1 fully saturated rings. The van der Waals surface area contributed by atoms with Crippen LogP contribution in [0, 0.1) is 13.8 Å². The fourth-order valence-corrected chi connectivity index (χ4v) is 3.53. The monoisotopic (exact) mass is 418 g/mol. The number of rotatable bonds is 7. The molecule has 0 atom stereocenters. The summed E-state index contributed by atoms with van der Waals surface area (Å²) in [4.78, 5) is 26.5. The molecule has 156 valence electrons. The summed E-state index contributed by atoms with van der Waals surface area (Å²) in [7, 11) is 0. The molecule has 2 amide bonds. The highest BCUT2D eigenvalue weighted by atomic mass is 35.5. The Morgan fingerprint density at radius 1 is 1.21 bits per heavy atom. The molecule has 0 bridgehead atoms. The van der Waals surface area contributed by atoms with E-state index in [1.54, 1.807) is 6.07 Å². The van der Waals surface area contributed by atoms with Crippen molar-refractivity contribution in [3.05, 3.63) is 52.4 Å². The van der Waals surface area contributed by atoms with Gasteiger partial charge in [0, 0.05) is 36.1 Å². The van der Waals surface area contributed by atoms with Crippen molar-refractivity contribution in [1.29, 1.82) is 0 Å². The van der Waals surface area contributed by atoms with Gasteiger partial charge >= 0.3 is 0 Å². The molecule has 1 aromatic heterocycles. The van der Waals surface area contributed by atoms with Crippen molar-refractivity contribution in [1.82, 2.24) is 10.2 Å². The van der Waals surface area contributed by atoms with E-state index in [9.17, 15) is 9.59 Å². The molecule has 2 aromatic rings. The van der Waals surface area contributed by atoms with Crippen LogP contribution in [0.1, 0.15) is 47.4 Å². The van der Waals surface area contributed by atoms with Gasteiger partial charge in [0.05, 0.1) is 12.9 Å². The molecule has 0 unspecified atom stereocenters. The summed E-state index contributed by atoms with van der Waals surface area (Å²) in [6, 6.07) is 7.38. The average molecular weight is 419 g/mol. The predicted octanol–water partition coefficient (Wildman–Crippen LogP) is 4.13. The van der Waals surface area contributed by atoms with E-state index in [2.05, 4.69) is 5.32 Å². The van der Waals surface area contributed by atoms with Gasteiger partial charge < -0.3 is 19.4 Å². The molecule has 0 saturated carbocycles. The summed E-state index contributed by atoms with van der Waals surface area (Å²) in [5.41, 5.74) is 1.79. The number of hydrogen-bond donors (Lipinski definition) is 1. The first kappa shape index (κ1) is 21.2. The largest absolute Gasteiger partial charge is 0.494 e. The smallest absolute Gasteiger partial charge is 0.287 e. The van der Waals surface area contributed by atoms with Gasteiger partial charge in [-0.3, -0.25) is 9.59 Å². The van der Waals surface area contributed by atoms with E-state index < -0.39 is 0 Å². The van der Waals surface area contributed by atoms with E-state index >= 15 is 0 Å². The first-order valence-corrected chi connectivity index (χ1v) is 10.3. The van der Waals surface area contributed by atoms with Gasteiger partial charge in [-0.15, -0.1) is 0 Å². The predicted molar refractivity (Wildman–Crippen MR) is 111 cm³/mol. The fraction of sp³-hybridized carbons (Fsp3) is 0.455. The van der Waals surface area contributed by atoms with Crippen molar-refractivity contribution in [3.8, 4) is 5.75 Å². The summed E-state index contributed by atoms with van der Waals surface area (Å²) in [6.07, 6.45) is 4.13. The number of hydrogen-bond acceptors (Lipinski definition) is 4. The molecule has 1 N–H and O–H groups in total. The van der Waals surface area contributed by atoms with Crippen LogP contribution in [0.25, 0.3) is 0 Å². The van der Waals surface area contributed by atoms with Crippen LogP contribution in [-0.2, 0) is 4.79 Å². The third-order valence-corrected chi connectivity index (χ3v) is 5.61. The molecular weight excluding hydrogens is 392 g/mol. The van der Waals surface area contributed by atoms with Crippen LogP contribution in [0.15, 0.2) is 34.9 Å². The molecule has 0 radical (unpaired) electrons.